The molecule has 0 bridgehead atoms. The van der Waals surface area contributed by atoms with Gasteiger partial charge in [-0.3, -0.25) is 10.2 Å². The van der Waals surface area contributed by atoms with E-state index in [0.29, 0.717) is 49.0 Å². The molecule has 0 radical (unpaired) electrons. The summed E-state index contributed by atoms with van der Waals surface area (Å²) < 4.78 is 34.2. The van der Waals surface area contributed by atoms with Crippen LogP contribution in [0.3, 0.4) is 0 Å². The molecule has 9 nitrogen and oxygen atoms in total. The van der Waals surface area contributed by atoms with Crippen molar-refractivity contribution >= 4 is 17.5 Å². The number of anilines is 2. The number of para-hydroxylation sites is 1. The molecule has 3 aromatic rings. The van der Waals surface area contributed by atoms with Crippen molar-refractivity contribution in [2.75, 3.05) is 44.4 Å². The third kappa shape index (κ3) is 5.42. The summed E-state index contributed by atoms with van der Waals surface area (Å²) in [6.07, 6.45) is 0. The van der Waals surface area contributed by atoms with Gasteiger partial charge in [-0.05, 0) is 29.8 Å². The third-order valence-corrected chi connectivity index (χ3v) is 6.12. The lowest BCUT2D eigenvalue weighted by atomic mass is 9.94. The molecule has 11 heteroatoms. The maximum Gasteiger partial charge on any atom is 0.320 e. The van der Waals surface area contributed by atoms with Crippen molar-refractivity contribution in [3.05, 3.63) is 71.4 Å². The summed E-state index contributed by atoms with van der Waals surface area (Å²) in [6.45, 7) is 2.34. The number of likely N-dealkylation sites (tertiary alicyclic amines) is 1. The van der Waals surface area contributed by atoms with Crippen molar-refractivity contribution < 1.29 is 18.3 Å². The number of amides is 2. The molecule has 1 aliphatic rings. The fourth-order valence-corrected chi connectivity index (χ4v) is 4.33. The number of halogens is 2. The van der Waals surface area contributed by atoms with E-state index in [1.165, 1.54) is 10.7 Å². The van der Waals surface area contributed by atoms with E-state index in [9.17, 15) is 13.6 Å². The first-order valence-electron chi connectivity index (χ1n) is 11.3. The molecule has 0 spiro atoms. The monoisotopic (exact) mass is 485 g/mol. The van der Waals surface area contributed by atoms with Gasteiger partial charge in [0, 0.05) is 39.2 Å². The molecule has 35 heavy (non-hydrogen) atoms. The Morgan fingerprint density at radius 1 is 1.17 bits per heavy atom. The number of benzene rings is 2. The van der Waals surface area contributed by atoms with Crippen molar-refractivity contribution in [3.8, 4) is 5.69 Å². The lowest BCUT2D eigenvalue weighted by Gasteiger charge is -2.21. The minimum Gasteiger partial charge on any atom is -0.394 e. The summed E-state index contributed by atoms with van der Waals surface area (Å²) in [5.74, 6) is -1.78. The molecule has 2 aromatic carbocycles. The van der Waals surface area contributed by atoms with Crippen LogP contribution in [-0.2, 0) is 11.3 Å². The molecule has 6 N–H and O–H groups in total. The van der Waals surface area contributed by atoms with Crippen LogP contribution in [0.1, 0.15) is 17.2 Å². The Balaban J connectivity index is 1.56. The molecule has 186 valence electrons. The van der Waals surface area contributed by atoms with Crippen LogP contribution in [0.25, 0.3) is 5.69 Å². The number of urea groups is 1. The van der Waals surface area contributed by atoms with Gasteiger partial charge in [-0.25, -0.2) is 18.3 Å². The maximum absolute atomic E-state index is 14.0. The van der Waals surface area contributed by atoms with Crippen LogP contribution < -0.4 is 22.1 Å². The van der Waals surface area contributed by atoms with Crippen LogP contribution in [0.15, 0.2) is 48.5 Å². The number of aromatic nitrogens is 2. The first-order chi connectivity index (χ1) is 16.9. The molecule has 1 aromatic heterocycles. The van der Waals surface area contributed by atoms with Crippen LogP contribution in [0.5, 0.6) is 0 Å². The Morgan fingerprint density at radius 3 is 2.63 bits per heavy atom. The van der Waals surface area contributed by atoms with E-state index in [2.05, 4.69) is 20.6 Å². The number of nitrogens with two attached hydrogens (primary N) is 2. The molecular formula is C24H29F2N7O2. The van der Waals surface area contributed by atoms with Gasteiger partial charge in [0.25, 0.3) is 0 Å². The van der Waals surface area contributed by atoms with E-state index in [4.69, 9.17) is 16.2 Å². The van der Waals surface area contributed by atoms with Gasteiger partial charge in [0.05, 0.1) is 18.3 Å². The largest absolute Gasteiger partial charge is 0.394 e. The number of nitrogens with zero attached hydrogens (tertiary/aromatic N) is 3. The Hall–Kier alpha value is -3.54. The van der Waals surface area contributed by atoms with Gasteiger partial charge < -0.3 is 21.5 Å². The van der Waals surface area contributed by atoms with Gasteiger partial charge in [0.15, 0.2) is 17.5 Å². The van der Waals surface area contributed by atoms with Crippen LogP contribution in [0.4, 0.5) is 25.1 Å². The number of hydrogen-bond acceptors (Lipinski definition) is 6. The molecule has 2 atom stereocenters. The quantitative estimate of drug-likeness (QED) is 0.389. The average molecular weight is 486 g/mol. The topological polar surface area (TPSA) is 123 Å². The molecule has 4 rings (SSSR count). The molecule has 0 aliphatic carbocycles. The van der Waals surface area contributed by atoms with E-state index in [0.717, 1.165) is 6.07 Å². The van der Waals surface area contributed by atoms with Crippen LogP contribution in [0, 0.1) is 11.6 Å². The minimum atomic E-state index is -0.921. The molecule has 1 saturated heterocycles. The van der Waals surface area contributed by atoms with Crippen LogP contribution >= 0.6 is 0 Å². The summed E-state index contributed by atoms with van der Waals surface area (Å²) in [4.78, 5) is 15.2. The second-order valence-electron chi connectivity index (χ2n) is 8.40. The zero-order chi connectivity index (χ0) is 24.9. The highest BCUT2D eigenvalue weighted by molar-refractivity contribution is 5.92. The summed E-state index contributed by atoms with van der Waals surface area (Å²) in [5.41, 5.74) is 14.0. The number of ether oxygens (including phenoxy) is 1. The first-order valence-corrected chi connectivity index (χ1v) is 11.3. The first kappa shape index (κ1) is 24.6. The van der Waals surface area contributed by atoms with Crippen molar-refractivity contribution in [1.82, 2.24) is 20.0 Å². The Bertz CT molecular complexity index is 1170. The molecule has 2 amide bonds. The number of carbonyl (C=O) groups is 1. The standard InChI is InChI=1S/C24H29F2N7O2/c1-35-10-9-32-13-17(15-7-8-18(25)19(26)11-15)21(14-32)29-24(34)30-23-22(28)20(12-27)31-33(23)16-5-3-2-4-6-16/h2-8,11,17,21H,9-10,12-14,27-28H2,1H3,(H2,29,30,34)/t17-,21+/m0/s1. The van der Waals surface area contributed by atoms with Crippen molar-refractivity contribution in [2.24, 2.45) is 5.73 Å². The lowest BCUT2D eigenvalue weighted by Crippen LogP contribution is -2.42. The van der Waals surface area contributed by atoms with Crippen molar-refractivity contribution in [3.63, 3.8) is 0 Å². The van der Waals surface area contributed by atoms with E-state index >= 15 is 0 Å². The molecular weight excluding hydrogens is 456 g/mol. The van der Waals surface area contributed by atoms with Crippen LogP contribution in [-0.4, -0.2) is 60.1 Å². The maximum atomic E-state index is 14.0. The van der Waals surface area contributed by atoms with E-state index in [-0.39, 0.29) is 24.2 Å². The highest BCUT2D eigenvalue weighted by Crippen LogP contribution is 2.30. The Labute approximate surface area is 202 Å². The fourth-order valence-electron chi connectivity index (χ4n) is 4.33. The smallest absolute Gasteiger partial charge is 0.320 e. The van der Waals surface area contributed by atoms with Gasteiger partial charge in [0.2, 0.25) is 0 Å². The zero-order valence-corrected chi connectivity index (χ0v) is 19.4. The number of hydrogen-bond donors (Lipinski definition) is 4. The second kappa shape index (κ2) is 10.8. The zero-order valence-electron chi connectivity index (χ0n) is 19.4. The minimum absolute atomic E-state index is 0.108. The second-order valence-corrected chi connectivity index (χ2v) is 8.40. The molecule has 0 saturated carbocycles. The summed E-state index contributed by atoms with van der Waals surface area (Å²) >= 11 is 0. The van der Waals surface area contributed by atoms with Gasteiger partial charge in [-0.2, -0.15) is 5.10 Å². The van der Waals surface area contributed by atoms with E-state index in [1.54, 1.807) is 13.2 Å². The predicted octanol–water partition coefficient (Wildman–Crippen LogP) is 2.43. The Kier molecular flexibility index (Phi) is 7.59. The summed E-state index contributed by atoms with van der Waals surface area (Å²) in [6, 6.07) is 12.2. The lowest BCUT2D eigenvalue weighted by molar-refractivity contribution is 0.159. The number of carbonyl (C=O) groups excluding carboxylic acids is 1. The average Bonchev–Trinajstić information content (AvgIpc) is 3.40. The van der Waals surface area contributed by atoms with E-state index < -0.39 is 17.7 Å². The van der Waals surface area contributed by atoms with Gasteiger partial charge in [0.1, 0.15) is 11.4 Å². The fraction of sp³-hybridized carbons (Fsp3) is 0.333. The summed E-state index contributed by atoms with van der Waals surface area (Å²) in [7, 11) is 1.61. The highest BCUT2D eigenvalue weighted by atomic mass is 19.2. The van der Waals surface area contributed by atoms with Crippen molar-refractivity contribution in [1.29, 1.82) is 0 Å². The molecule has 2 heterocycles. The summed E-state index contributed by atoms with van der Waals surface area (Å²) in [5, 5.41) is 10.2. The molecule has 0 unspecified atom stereocenters. The van der Waals surface area contributed by atoms with Gasteiger partial charge in [-0.15, -0.1) is 0 Å². The molecule has 1 fully saturated rings. The van der Waals surface area contributed by atoms with Crippen LogP contribution in [0.2, 0.25) is 0 Å². The Morgan fingerprint density at radius 2 is 1.94 bits per heavy atom. The highest BCUT2D eigenvalue weighted by Gasteiger charge is 2.35. The van der Waals surface area contributed by atoms with Gasteiger partial charge in [-0.1, -0.05) is 24.3 Å². The number of rotatable bonds is 8. The third-order valence-electron chi connectivity index (χ3n) is 6.12. The van der Waals surface area contributed by atoms with Gasteiger partial charge >= 0.3 is 6.03 Å². The van der Waals surface area contributed by atoms with Crippen molar-refractivity contribution in [2.45, 2.75) is 18.5 Å². The number of nitrogen functional groups attached to an aromatic ring is 1. The van der Waals surface area contributed by atoms with E-state index in [1.807, 2.05) is 30.3 Å². The number of methoxy groups -OCH3 is 1. The normalized spacial score (nSPS) is 18.1. The number of nitrogens with one attached hydrogen (secondary N) is 2. The molecule has 1 aliphatic heterocycles. The predicted molar refractivity (Wildman–Crippen MR) is 129 cm³/mol. The SMILES string of the molecule is COCCN1C[C@@H](NC(=O)Nc2c(N)c(CN)nn2-c2ccccc2)[C@H](c2ccc(F)c(F)c2)C1.